The summed E-state index contributed by atoms with van der Waals surface area (Å²) >= 11 is 11.6. The fourth-order valence-electron chi connectivity index (χ4n) is 0.981. The zero-order chi connectivity index (χ0) is 13.1. The third-order valence-electron chi connectivity index (χ3n) is 1.71. The molecule has 1 aromatic rings. The lowest BCUT2D eigenvalue weighted by Crippen LogP contribution is -2.03. The molecule has 17 heavy (non-hydrogen) atoms. The molecular formula is C9H11Cl2O4PS. The Balaban J connectivity index is 3.02. The number of halogens is 2. The first kappa shape index (κ1) is 15.0. The molecule has 0 saturated carbocycles. The zero-order valence-corrected chi connectivity index (χ0v) is 12.4. The van der Waals surface area contributed by atoms with Gasteiger partial charge in [0.15, 0.2) is 0 Å². The highest BCUT2D eigenvalue weighted by Gasteiger charge is 2.32. The molecule has 0 spiro atoms. The van der Waals surface area contributed by atoms with Crippen molar-refractivity contribution in [2.24, 2.45) is 0 Å². The number of hydrogen-bond acceptors (Lipinski definition) is 4. The summed E-state index contributed by atoms with van der Waals surface area (Å²) in [5, 5.41) is 0.606. The second-order valence-corrected chi connectivity index (χ2v) is 8.87. The molecule has 0 aliphatic rings. The summed E-state index contributed by atoms with van der Waals surface area (Å²) in [4.78, 5) is 0. The van der Waals surface area contributed by atoms with Crippen LogP contribution in [-0.2, 0) is 19.5 Å². The van der Waals surface area contributed by atoms with E-state index in [2.05, 4.69) is 0 Å². The van der Waals surface area contributed by atoms with Crippen LogP contribution < -0.4 is 4.52 Å². The Labute approximate surface area is 112 Å². The van der Waals surface area contributed by atoms with Gasteiger partial charge in [-0.3, -0.25) is 4.52 Å². The van der Waals surface area contributed by atoms with Gasteiger partial charge in [-0.1, -0.05) is 23.2 Å². The largest absolute Gasteiger partial charge is 0.469 e. The molecule has 96 valence electrons. The van der Waals surface area contributed by atoms with Gasteiger partial charge in [-0.15, -0.1) is 0 Å². The Morgan fingerprint density at radius 1 is 1.41 bits per heavy atom. The van der Waals surface area contributed by atoms with Crippen LogP contribution in [0.1, 0.15) is 6.92 Å². The second-order valence-electron chi connectivity index (χ2n) is 2.95. The molecule has 0 fully saturated rings. The van der Waals surface area contributed by atoms with Crippen LogP contribution in [0.5, 0.6) is 5.75 Å². The van der Waals surface area contributed by atoms with Gasteiger partial charge < -0.3 is 4.52 Å². The van der Waals surface area contributed by atoms with Crippen molar-refractivity contribution in [1.82, 2.24) is 0 Å². The van der Waals surface area contributed by atoms with E-state index in [4.69, 9.17) is 32.2 Å². The summed E-state index contributed by atoms with van der Waals surface area (Å²) in [7, 11) is -1.76. The molecule has 0 aliphatic heterocycles. The molecule has 0 radical (unpaired) electrons. The summed E-state index contributed by atoms with van der Waals surface area (Å²) in [6, 6.07) is 4.41. The van der Waals surface area contributed by atoms with Gasteiger partial charge in [0.2, 0.25) is 0 Å². The Morgan fingerprint density at radius 3 is 2.53 bits per heavy atom. The van der Waals surface area contributed by atoms with E-state index < -0.39 is 17.2 Å². The predicted octanol–water partition coefficient (Wildman–Crippen LogP) is 3.90. The van der Waals surface area contributed by atoms with Gasteiger partial charge in [0.05, 0.1) is 11.6 Å². The molecule has 0 N–H and O–H groups in total. The van der Waals surface area contributed by atoms with Crippen molar-refractivity contribution in [3.63, 3.8) is 0 Å². The topological polar surface area (TPSA) is 52.6 Å². The van der Waals surface area contributed by atoms with Gasteiger partial charge >= 0.3 is 6.80 Å². The molecule has 1 aromatic carbocycles. The van der Waals surface area contributed by atoms with Crippen molar-refractivity contribution in [3.8, 4) is 5.75 Å². The van der Waals surface area contributed by atoms with Crippen LogP contribution in [0.4, 0.5) is 0 Å². The minimum atomic E-state index is -3.71. The average molecular weight is 317 g/mol. The maximum atomic E-state index is 12.1. The molecule has 0 aliphatic carbocycles. The smallest absolute Gasteiger partial charge is 0.414 e. The third kappa shape index (κ3) is 3.97. The normalized spacial score (nSPS) is 16.2. The molecule has 0 amide bonds. The molecule has 8 heteroatoms. The SMILES string of the molecule is CCOP(=O)(Oc1ccc(Cl)cc1Cl)S(C)=O. The van der Waals surface area contributed by atoms with E-state index in [-0.39, 0.29) is 17.4 Å². The van der Waals surface area contributed by atoms with E-state index in [0.717, 1.165) is 0 Å². The molecule has 0 heterocycles. The first-order valence-electron chi connectivity index (χ1n) is 4.62. The quantitative estimate of drug-likeness (QED) is 0.773. The highest BCUT2D eigenvalue weighted by molar-refractivity contribution is 8.45. The van der Waals surface area contributed by atoms with Crippen LogP contribution >= 0.6 is 30.0 Å². The molecule has 4 nitrogen and oxygen atoms in total. The van der Waals surface area contributed by atoms with Gasteiger partial charge in [0.1, 0.15) is 16.2 Å². The lowest BCUT2D eigenvalue weighted by atomic mass is 10.3. The van der Waals surface area contributed by atoms with Crippen molar-refractivity contribution >= 4 is 40.4 Å². The molecular weight excluding hydrogens is 306 g/mol. The van der Waals surface area contributed by atoms with Gasteiger partial charge in [0.25, 0.3) is 0 Å². The number of benzene rings is 1. The molecule has 0 saturated heterocycles. The van der Waals surface area contributed by atoms with E-state index in [9.17, 15) is 8.77 Å². The summed E-state index contributed by atoms with van der Waals surface area (Å²) in [5.41, 5.74) is 0. The molecule has 0 aromatic heterocycles. The van der Waals surface area contributed by atoms with Crippen LogP contribution in [-0.4, -0.2) is 17.1 Å². The Hall–Kier alpha value is -0.0600. The van der Waals surface area contributed by atoms with E-state index in [1.807, 2.05) is 0 Å². The predicted molar refractivity (Wildman–Crippen MR) is 70.4 cm³/mol. The Kier molecular flexibility index (Phi) is 5.48. The zero-order valence-electron chi connectivity index (χ0n) is 9.18. The average Bonchev–Trinajstić information content (AvgIpc) is 2.22. The minimum absolute atomic E-state index is 0.127. The minimum Gasteiger partial charge on any atom is -0.414 e. The van der Waals surface area contributed by atoms with Crippen LogP contribution in [0, 0.1) is 0 Å². The van der Waals surface area contributed by atoms with Crippen LogP contribution in [0.2, 0.25) is 10.0 Å². The lowest BCUT2D eigenvalue weighted by molar-refractivity contribution is 0.295. The maximum absolute atomic E-state index is 12.1. The van der Waals surface area contributed by atoms with Gasteiger partial charge in [0, 0.05) is 11.3 Å². The van der Waals surface area contributed by atoms with Crippen molar-refractivity contribution in [3.05, 3.63) is 28.2 Å². The fraction of sp³-hybridized carbons (Fsp3) is 0.333. The second kappa shape index (κ2) is 6.21. The fourth-order valence-corrected chi connectivity index (χ4v) is 3.82. The summed E-state index contributed by atoms with van der Waals surface area (Å²) in [6.45, 7) is -1.95. The van der Waals surface area contributed by atoms with Crippen LogP contribution in [0.15, 0.2) is 18.2 Å². The molecule has 2 atom stereocenters. The summed E-state index contributed by atoms with van der Waals surface area (Å²) in [6.07, 6.45) is 1.25. The monoisotopic (exact) mass is 316 g/mol. The molecule has 2 unspecified atom stereocenters. The van der Waals surface area contributed by atoms with Gasteiger partial charge in [-0.05, 0) is 25.1 Å². The van der Waals surface area contributed by atoms with Crippen molar-refractivity contribution in [1.29, 1.82) is 0 Å². The van der Waals surface area contributed by atoms with Crippen molar-refractivity contribution in [2.45, 2.75) is 6.92 Å². The lowest BCUT2D eigenvalue weighted by Gasteiger charge is -2.16. The number of hydrogen-bond donors (Lipinski definition) is 0. The highest BCUT2D eigenvalue weighted by atomic mass is 35.5. The van der Waals surface area contributed by atoms with Gasteiger partial charge in [-0.2, -0.15) is 0 Å². The summed E-state index contributed by atoms with van der Waals surface area (Å²) in [5.74, 6) is 0.128. The van der Waals surface area contributed by atoms with Crippen molar-refractivity contribution in [2.75, 3.05) is 12.9 Å². The van der Waals surface area contributed by atoms with E-state index >= 15 is 0 Å². The van der Waals surface area contributed by atoms with E-state index in [1.165, 1.54) is 24.5 Å². The highest BCUT2D eigenvalue weighted by Crippen LogP contribution is 2.52. The standard InChI is InChI=1S/C9H11Cl2O4PS/c1-3-14-16(12,17(2)13)15-9-5-4-7(10)6-8(9)11/h4-6H,3H2,1-2H3. The van der Waals surface area contributed by atoms with Crippen LogP contribution in [0.25, 0.3) is 0 Å². The summed E-state index contributed by atoms with van der Waals surface area (Å²) < 4.78 is 33.5. The van der Waals surface area contributed by atoms with Crippen molar-refractivity contribution < 1.29 is 17.8 Å². The Bertz CT molecular complexity index is 480. The van der Waals surface area contributed by atoms with Gasteiger partial charge in [-0.25, -0.2) is 8.77 Å². The molecule has 1 rings (SSSR count). The number of rotatable bonds is 5. The maximum Gasteiger partial charge on any atom is 0.469 e. The first-order valence-corrected chi connectivity index (χ1v) is 9.08. The molecule has 0 bridgehead atoms. The van der Waals surface area contributed by atoms with E-state index in [0.29, 0.717) is 5.02 Å². The van der Waals surface area contributed by atoms with Crippen LogP contribution in [0.3, 0.4) is 0 Å². The first-order chi connectivity index (χ1) is 7.89. The van der Waals surface area contributed by atoms with E-state index in [1.54, 1.807) is 6.92 Å². The third-order valence-corrected chi connectivity index (χ3v) is 6.29. The Morgan fingerprint density at radius 2 is 2.06 bits per heavy atom.